The first-order chi connectivity index (χ1) is 8.49. The molecule has 0 aromatic heterocycles. The third-order valence-corrected chi connectivity index (χ3v) is 4.51. The van der Waals surface area contributed by atoms with Crippen molar-refractivity contribution in [2.45, 2.75) is 11.7 Å². The number of aliphatic carboxylic acids is 1. The van der Waals surface area contributed by atoms with Crippen LogP contribution in [0.25, 0.3) is 0 Å². The summed E-state index contributed by atoms with van der Waals surface area (Å²) in [4.78, 5) is 11.2. The summed E-state index contributed by atoms with van der Waals surface area (Å²) in [6, 6.07) is 7.96. The lowest BCUT2D eigenvalue weighted by Crippen LogP contribution is -2.24. The topological polar surface area (TPSA) is 80.7 Å². The molecular formula is C12H16O5S. The van der Waals surface area contributed by atoms with Gasteiger partial charge in [0.15, 0.2) is 15.1 Å². The maximum atomic E-state index is 12.0. The monoisotopic (exact) mass is 272 g/mol. The molecule has 0 aliphatic heterocycles. The summed E-state index contributed by atoms with van der Waals surface area (Å²) in [7, 11) is -2.26. The Hall–Kier alpha value is -1.40. The zero-order chi connectivity index (χ0) is 13.6. The van der Waals surface area contributed by atoms with Gasteiger partial charge in [0, 0.05) is 13.7 Å². The van der Waals surface area contributed by atoms with Crippen LogP contribution >= 0.6 is 0 Å². The molecule has 1 aromatic carbocycles. The Balaban J connectivity index is 2.96. The van der Waals surface area contributed by atoms with Gasteiger partial charge in [-0.05, 0) is 12.0 Å². The van der Waals surface area contributed by atoms with Crippen LogP contribution in [0, 0.1) is 0 Å². The lowest BCUT2D eigenvalue weighted by Gasteiger charge is -2.13. The lowest BCUT2D eigenvalue weighted by molar-refractivity contribution is -0.136. The molecule has 100 valence electrons. The van der Waals surface area contributed by atoms with Gasteiger partial charge in [-0.1, -0.05) is 30.3 Å². The lowest BCUT2D eigenvalue weighted by atomic mass is 10.1. The SMILES string of the molecule is COCCCS(=O)(=O)C(C(=O)O)c1ccccc1. The van der Waals surface area contributed by atoms with Crippen LogP contribution in [0.2, 0.25) is 0 Å². The summed E-state index contributed by atoms with van der Waals surface area (Å²) < 4.78 is 28.8. The zero-order valence-electron chi connectivity index (χ0n) is 10.1. The quantitative estimate of drug-likeness (QED) is 0.756. The molecule has 1 aromatic rings. The maximum absolute atomic E-state index is 12.0. The molecule has 0 heterocycles. The van der Waals surface area contributed by atoms with E-state index >= 15 is 0 Å². The van der Waals surface area contributed by atoms with Crippen LogP contribution in [-0.4, -0.2) is 39.0 Å². The van der Waals surface area contributed by atoms with Gasteiger partial charge in [0.25, 0.3) is 0 Å². The Morgan fingerprint density at radius 1 is 1.33 bits per heavy atom. The molecule has 1 rings (SSSR count). The van der Waals surface area contributed by atoms with Crippen molar-refractivity contribution in [2.75, 3.05) is 19.5 Å². The number of benzene rings is 1. The van der Waals surface area contributed by atoms with Crippen LogP contribution in [0.4, 0.5) is 0 Å². The Bertz CT molecular complexity index is 480. The molecule has 0 saturated heterocycles. The molecule has 0 aliphatic carbocycles. The molecule has 1 unspecified atom stereocenters. The van der Waals surface area contributed by atoms with Crippen LogP contribution in [0.5, 0.6) is 0 Å². The first-order valence-corrected chi connectivity index (χ1v) is 7.19. The van der Waals surface area contributed by atoms with E-state index in [2.05, 4.69) is 0 Å². The van der Waals surface area contributed by atoms with Gasteiger partial charge in [-0.25, -0.2) is 8.42 Å². The summed E-state index contributed by atoms with van der Waals surface area (Å²) in [5.41, 5.74) is 0.280. The van der Waals surface area contributed by atoms with Crippen molar-refractivity contribution >= 4 is 15.8 Å². The molecule has 0 aliphatic rings. The number of methoxy groups -OCH3 is 1. The summed E-state index contributed by atoms with van der Waals surface area (Å²) in [5.74, 6) is -1.55. The molecule has 0 bridgehead atoms. The molecular weight excluding hydrogens is 256 g/mol. The Kier molecular flexibility index (Phi) is 5.30. The van der Waals surface area contributed by atoms with E-state index in [1.54, 1.807) is 18.2 Å². The number of hydrogen-bond donors (Lipinski definition) is 1. The highest BCUT2D eigenvalue weighted by Crippen LogP contribution is 2.23. The van der Waals surface area contributed by atoms with Crippen molar-refractivity contribution in [3.05, 3.63) is 35.9 Å². The molecule has 0 amide bonds. The van der Waals surface area contributed by atoms with Gasteiger partial charge < -0.3 is 9.84 Å². The third-order valence-electron chi connectivity index (χ3n) is 2.46. The molecule has 0 spiro atoms. The van der Waals surface area contributed by atoms with Crippen LogP contribution < -0.4 is 0 Å². The first kappa shape index (κ1) is 14.7. The van der Waals surface area contributed by atoms with E-state index < -0.39 is 21.1 Å². The predicted octanol–water partition coefficient (Wildman–Crippen LogP) is 1.26. The molecule has 0 radical (unpaired) electrons. The smallest absolute Gasteiger partial charge is 0.326 e. The molecule has 0 fully saturated rings. The van der Waals surface area contributed by atoms with Gasteiger partial charge in [-0.15, -0.1) is 0 Å². The molecule has 6 heteroatoms. The third kappa shape index (κ3) is 3.82. The predicted molar refractivity (Wildman–Crippen MR) is 67.1 cm³/mol. The fourth-order valence-electron chi connectivity index (χ4n) is 1.65. The van der Waals surface area contributed by atoms with E-state index in [1.807, 2.05) is 0 Å². The van der Waals surface area contributed by atoms with Crippen molar-refractivity contribution in [2.24, 2.45) is 0 Å². The van der Waals surface area contributed by atoms with Gasteiger partial charge in [-0.3, -0.25) is 4.79 Å². The van der Waals surface area contributed by atoms with E-state index in [0.29, 0.717) is 6.61 Å². The fraction of sp³-hybridized carbons (Fsp3) is 0.417. The minimum Gasteiger partial charge on any atom is -0.480 e. The van der Waals surface area contributed by atoms with Gasteiger partial charge in [-0.2, -0.15) is 0 Å². The molecule has 1 N–H and O–H groups in total. The highest BCUT2D eigenvalue weighted by Gasteiger charge is 2.33. The van der Waals surface area contributed by atoms with E-state index in [4.69, 9.17) is 9.84 Å². The number of sulfone groups is 1. The van der Waals surface area contributed by atoms with Gasteiger partial charge in [0.05, 0.1) is 5.75 Å². The highest BCUT2D eigenvalue weighted by atomic mass is 32.2. The average Bonchev–Trinajstić information content (AvgIpc) is 2.29. The van der Waals surface area contributed by atoms with Crippen LogP contribution in [0.15, 0.2) is 30.3 Å². The van der Waals surface area contributed by atoms with E-state index in [1.165, 1.54) is 19.2 Å². The second-order valence-corrected chi connectivity index (χ2v) is 6.05. The highest BCUT2D eigenvalue weighted by molar-refractivity contribution is 7.92. The number of carboxylic acid groups (broad SMARTS) is 1. The minimum atomic E-state index is -3.73. The normalized spacial score (nSPS) is 13.2. The maximum Gasteiger partial charge on any atom is 0.326 e. The Morgan fingerprint density at radius 2 is 1.94 bits per heavy atom. The number of carbonyl (C=O) groups is 1. The van der Waals surface area contributed by atoms with E-state index in [-0.39, 0.29) is 17.7 Å². The number of carboxylic acids is 1. The molecule has 18 heavy (non-hydrogen) atoms. The van der Waals surface area contributed by atoms with Crippen LogP contribution in [0.1, 0.15) is 17.2 Å². The largest absolute Gasteiger partial charge is 0.480 e. The van der Waals surface area contributed by atoms with Crippen molar-refractivity contribution in [3.8, 4) is 0 Å². The molecule has 0 saturated carbocycles. The van der Waals surface area contributed by atoms with E-state index in [9.17, 15) is 13.2 Å². The van der Waals surface area contributed by atoms with Crippen LogP contribution in [-0.2, 0) is 19.4 Å². The summed E-state index contributed by atoms with van der Waals surface area (Å²) in [5, 5.41) is 7.60. The number of rotatable bonds is 7. The zero-order valence-corrected chi connectivity index (χ0v) is 10.9. The van der Waals surface area contributed by atoms with Crippen molar-refractivity contribution in [1.29, 1.82) is 0 Å². The minimum absolute atomic E-state index is 0.202. The number of hydrogen-bond acceptors (Lipinski definition) is 4. The van der Waals surface area contributed by atoms with Crippen molar-refractivity contribution < 1.29 is 23.1 Å². The van der Waals surface area contributed by atoms with Gasteiger partial charge >= 0.3 is 5.97 Å². The second kappa shape index (κ2) is 6.51. The fourth-order valence-corrected chi connectivity index (χ4v) is 3.29. The standard InChI is InChI=1S/C12H16O5S/c1-17-8-5-9-18(15,16)11(12(13)14)10-6-3-2-4-7-10/h2-4,6-7,11H,5,8-9H2,1H3,(H,13,14). The molecule has 5 nitrogen and oxygen atoms in total. The Morgan fingerprint density at radius 3 is 2.44 bits per heavy atom. The van der Waals surface area contributed by atoms with Gasteiger partial charge in [0.1, 0.15) is 0 Å². The molecule has 1 atom stereocenters. The average molecular weight is 272 g/mol. The van der Waals surface area contributed by atoms with E-state index in [0.717, 1.165) is 0 Å². The van der Waals surface area contributed by atoms with Crippen LogP contribution in [0.3, 0.4) is 0 Å². The summed E-state index contributed by atoms with van der Waals surface area (Å²) in [6.07, 6.45) is 0.287. The van der Waals surface area contributed by atoms with Gasteiger partial charge in [0.2, 0.25) is 0 Å². The first-order valence-electron chi connectivity index (χ1n) is 5.47. The Labute approximate surface area is 106 Å². The number of ether oxygens (including phenoxy) is 1. The van der Waals surface area contributed by atoms with Crippen molar-refractivity contribution in [1.82, 2.24) is 0 Å². The van der Waals surface area contributed by atoms with Crippen molar-refractivity contribution in [3.63, 3.8) is 0 Å². The summed E-state index contributed by atoms with van der Waals surface area (Å²) >= 11 is 0. The second-order valence-electron chi connectivity index (χ2n) is 3.84. The summed E-state index contributed by atoms with van der Waals surface area (Å²) in [6.45, 7) is 0.292.